The zero-order chi connectivity index (χ0) is 15.6. The zero-order valence-corrected chi connectivity index (χ0v) is 13.5. The van der Waals surface area contributed by atoms with Gasteiger partial charge in [0.05, 0.1) is 16.1 Å². The molecule has 2 fully saturated rings. The Labute approximate surface area is 131 Å². The molecule has 0 aromatic heterocycles. The molecule has 0 amide bonds. The molecule has 0 saturated heterocycles. The molecule has 0 N–H and O–H groups in total. The lowest BCUT2D eigenvalue weighted by molar-refractivity contribution is 0.00692. The molecule has 2 aliphatic rings. The smallest absolute Gasteiger partial charge is 0.339 e. The van der Waals surface area contributed by atoms with E-state index in [1.54, 1.807) is 58.2 Å². The van der Waals surface area contributed by atoms with Gasteiger partial charge in [0.15, 0.2) is 0 Å². The Hall–Kier alpha value is -1.46. The number of benzene rings is 1. The minimum atomic E-state index is -0.550. The number of ether oxygens (including phenoxy) is 1. The monoisotopic (exact) mass is 304 g/mol. The van der Waals surface area contributed by atoms with Crippen molar-refractivity contribution in [1.82, 2.24) is 0 Å². The first-order chi connectivity index (χ1) is 9.81. The first kappa shape index (κ1) is 15.9. The molecule has 0 aliphatic heterocycles. The number of halogens is 1. The molecule has 3 rings (SSSR count). The lowest BCUT2D eigenvalue weighted by Crippen LogP contribution is -2.24. The summed E-state index contributed by atoms with van der Waals surface area (Å²) in [5.74, 6) is 4.41. The average Bonchev–Trinajstić information content (AvgIpc) is 2.94. The largest absolute Gasteiger partial charge is 0.456 e. The summed E-state index contributed by atoms with van der Waals surface area (Å²) in [4.78, 5) is 11.8. The number of fused-ring (bicyclic) bond motifs is 1. The minimum absolute atomic E-state index is 0.324. The van der Waals surface area contributed by atoms with Crippen molar-refractivity contribution in [3.63, 3.8) is 0 Å². The van der Waals surface area contributed by atoms with Crippen molar-refractivity contribution in [1.29, 1.82) is 0 Å². The van der Waals surface area contributed by atoms with Crippen molar-refractivity contribution in [2.24, 2.45) is 11.8 Å². The van der Waals surface area contributed by atoms with Crippen LogP contribution in [0.2, 0.25) is 5.02 Å². The van der Waals surface area contributed by atoms with E-state index in [9.17, 15) is 4.79 Å². The Morgan fingerprint density at radius 2 is 1.95 bits per heavy atom. The lowest BCUT2D eigenvalue weighted by Gasteiger charge is -2.20. The highest BCUT2D eigenvalue weighted by molar-refractivity contribution is 6.32. The molecule has 0 heterocycles. The fourth-order valence-electron chi connectivity index (χ4n) is 2.36. The number of esters is 1. The highest BCUT2D eigenvalue weighted by atomic mass is 35.5. The molecule has 112 valence electrons. The Balaban J connectivity index is 0.000000262. The van der Waals surface area contributed by atoms with Crippen LogP contribution >= 0.6 is 11.6 Å². The van der Waals surface area contributed by atoms with E-state index in [-0.39, 0.29) is 0 Å². The number of terminal acetylenes is 1. The summed E-state index contributed by atoms with van der Waals surface area (Å²) in [7, 11) is 0. The van der Waals surface area contributed by atoms with Gasteiger partial charge in [0.25, 0.3) is 0 Å². The van der Waals surface area contributed by atoms with Gasteiger partial charge >= 0.3 is 5.97 Å². The molecule has 2 aliphatic carbocycles. The molecule has 1 aromatic carbocycles. The van der Waals surface area contributed by atoms with Crippen LogP contribution in [0, 0.1) is 24.2 Å². The third kappa shape index (κ3) is 4.25. The number of carbonyl (C=O) groups is 1. The highest BCUT2D eigenvalue weighted by Gasteiger charge is 2.44. The van der Waals surface area contributed by atoms with Gasteiger partial charge in [-0.15, -0.1) is 6.42 Å². The van der Waals surface area contributed by atoms with Crippen LogP contribution in [0.5, 0.6) is 0 Å². The maximum atomic E-state index is 11.8. The fraction of sp³-hybridized carbons (Fsp3) is 0.500. The van der Waals surface area contributed by atoms with Crippen LogP contribution < -0.4 is 0 Å². The second-order valence-electron chi connectivity index (χ2n) is 6.64. The van der Waals surface area contributed by atoms with Crippen molar-refractivity contribution >= 4 is 17.6 Å². The van der Waals surface area contributed by atoms with Crippen LogP contribution in [0.25, 0.3) is 0 Å². The molecule has 2 unspecified atom stereocenters. The quantitative estimate of drug-likeness (QED) is 0.555. The summed E-state index contributed by atoms with van der Waals surface area (Å²) in [5, 5.41) is 0.380. The minimum Gasteiger partial charge on any atom is -0.456 e. The Morgan fingerprint density at radius 3 is 2.33 bits per heavy atom. The van der Waals surface area contributed by atoms with Gasteiger partial charge in [-0.2, -0.15) is 0 Å². The normalized spacial score (nSPS) is 21.9. The second kappa shape index (κ2) is 6.12. The van der Waals surface area contributed by atoms with Crippen molar-refractivity contribution in [2.45, 2.75) is 45.6 Å². The van der Waals surface area contributed by atoms with Crippen LogP contribution in [0.3, 0.4) is 0 Å². The van der Waals surface area contributed by atoms with Gasteiger partial charge in [-0.3, -0.25) is 0 Å². The van der Waals surface area contributed by atoms with Crippen molar-refractivity contribution in [3.8, 4) is 12.3 Å². The van der Waals surface area contributed by atoms with Crippen LogP contribution in [0.15, 0.2) is 18.2 Å². The molecule has 2 saturated carbocycles. The van der Waals surface area contributed by atoms with Gasteiger partial charge in [0.2, 0.25) is 0 Å². The van der Waals surface area contributed by atoms with E-state index in [0.29, 0.717) is 16.1 Å². The summed E-state index contributed by atoms with van der Waals surface area (Å²) in [6.45, 7) is 5.39. The molecule has 0 radical (unpaired) electrons. The third-order valence-electron chi connectivity index (χ3n) is 3.75. The van der Waals surface area contributed by atoms with E-state index in [1.165, 1.54) is 11.8 Å². The summed E-state index contributed by atoms with van der Waals surface area (Å²) in [5.41, 5.74) is 0.147. The molecular formula is C18H21ClO2. The molecule has 21 heavy (non-hydrogen) atoms. The fourth-order valence-corrected chi connectivity index (χ4v) is 2.59. The summed E-state index contributed by atoms with van der Waals surface area (Å²) in [6, 6.07) is 4.92. The van der Waals surface area contributed by atoms with Gasteiger partial charge in [0.1, 0.15) is 5.60 Å². The van der Waals surface area contributed by atoms with Gasteiger partial charge in [-0.05, 0) is 64.0 Å². The van der Waals surface area contributed by atoms with E-state index >= 15 is 0 Å². The number of hydrogen-bond acceptors (Lipinski definition) is 2. The highest BCUT2D eigenvalue weighted by Crippen LogP contribution is 2.55. The first-order valence-electron chi connectivity index (χ1n) is 7.30. The van der Waals surface area contributed by atoms with Gasteiger partial charge in [-0.1, -0.05) is 23.6 Å². The van der Waals surface area contributed by atoms with Crippen molar-refractivity contribution < 1.29 is 9.53 Å². The summed E-state index contributed by atoms with van der Waals surface area (Å²) < 4.78 is 5.23. The zero-order valence-electron chi connectivity index (χ0n) is 12.8. The van der Waals surface area contributed by atoms with Crippen LogP contribution in [-0.4, -0.2) is 11.6 Å². The number of hydrogen-bond donors (Lipinski definition) is 0. The van der Waals surface area contributed by atoms with Crippen LogP contribution in [-0.2, 0) is 4.74 Å². The molecule has 0 bridgehead atoms. The maximum absolute atomic E-state index is 11.8. The van der Waals surface area contributed by atoms with E-state index in [2.05, 4.69) is 5.92 Å². The second-order valence-corrected chi connectivity index (χ2v) is 7.05. The van der Waals surface area contributed by atoms with Crippen LogP contribution in [0.1, 0.15) is 56.0 Å². The van der Waals surface area contributed by atoms with Crippen molar-refractivity contribution in [3.05, 3.63) is 34.3 Å². The Morgan fingerprint density at radius 1 is 1.33 bits per heavy atom. The average molecular weight is 305 g/mol. The van der Waals surface area contributed by atoms with E-state index in [4.69, 9.17) is 22.8 Å². The number of carbonyl (C=O) groups excluding carboxylic acids is 1. The van der Waals surface area contributed by atoms with E-state index in [1.807, 2.05) is 0 Å². The van der Waals surface area contributed by atoms with E-state index in [0.717, 1.165) is 0 Å². The molecule has 2 atom stereocenters. The summed E-state index contributed by atoms with van der Waals surface area (Å²) in [6.07, 6.45) is 10.0. The van der Waals surface area contributed by atoms with Gasteiger partial charge in [0, 0.05) is 0 Å². The lowest BCUT2D eigenvalue weighted by atomic mass is 10.0. The SMILES string of the molecule is C#Cc1c(Cl)cccc1C(=O)OC(C)(C)C.C1CC2CC12. The molecule has 2 nitrogen and oxygen atoms in total. The summed E-state index contributed by atoms with van der Waals surface area (Å²) >= 11 is 5.89. The number of rotatable bonds is 1. The topological polar surface area (TPSA) is 26.3 Å². The third-order valence-corrected chi connectivity index (χ3v) is 4.07. The first-order valence-corrected chi connectivity index (χ1v) is 7.68. The standard InChI is InChI=1S/C13H13ClO2.C5H8/c1-5-9-10(7-6-8-11(9)14)12(15)16-13(2,3)4;1-2-5-3-4(1)5/h1,6-8H,2-4H3;4-5H,1-3H2. The predicted octanol–water partition coefficient (Wildman–Crippen LogP) is 4.69. The molecule has 1 aromatic rings. The molecule has 3 heteroatoms. The van der Waals surface area contributed by atoms with Crippen LogP contribution in [0.4, 0.5) is 0 Å². The molecular weight excluding hydrogens is 284 g/mol. The van der Waals surface area contributed by atoms with Gasteiger partial charge in [-0.25, -0.2) is 4.79 Å². The Bertz CT molecular complexity index is 566. The molecule has 0 spiro atoms. The van der Waals surface area contributed by atoms with Gasteiger partial charge < -0.3 is 4.74 Å². The predicted molar refractivity (Wildman–Crippen MR) is 85.4 cm³/mol. The Kier molecular flexibility index (Phi) is 4.64. The van der Waals surface area contributed by atoms with Crippen molar-refractivity contribution in [2.75, 3.05) is 0 Å². The maximum Gasteiger partial charge on any atom is 0.339 e. The van der Waals surface area contributed by atoms with E-state index < -0.39 is 11.6 Å².